The summed E-state index contributed by atoms with van der Waals surface area (Å²) in [6.07, 6.45) is 0.210. The smallest absolute Gasteiger partial charge is 0.329 e. The van der Waals surface area contributed by atoms with Crippen molar-refractivity contribution < 1.29 is 24.3 Å². The van der Waals surface area contributed by atoms with Gasteiger partial charge in [0.15, 0.2) is 0 Å². The molecule has 3 unspecified atom stereocenters. The summed E-state index contributed by atoms with van der Waals surface area (Å²) < 4.78 is 0.821. The predicted octanol–water partition coefficient (Wildman–Crippen LogP) is -0.00380. The number of aromatic nitrogens is 2. The number of fused-ring (bicyclic) bond motifs is 1. The van der Waals surface area contributed by atoms with Crippen molar-refractivity contribution >= 4 is 34.7 Å². The molecule has 1 aromatic heterocycles. The fraction of sp³-hybridized carbons (Fsp3) is 0.308. The molecule has 3 aromatic rings. The van der Waals surface area contributed by atoms with E-state index in [1.54, 1.807) is 48.5 Å². The van der Waals surface area contributed by atoms with Gasteiger partial charge in [0.25, 0.3) is 5.56 Å². The first-order valence-electron chi connectivity index (χ1n) is 12.2. The van der Waals surface area contributed by atoms with Crippen molar-refractivity contribution in [3.63, 3.8) is 0 Å². The standard InChI is InChI=1S/C26H30N6O7/c1-15(21(33)30-19(24(36)37)12-7-13-28-25(27)38)29-22(34)20(14-16-8-3-2-4-9-16)32-23(35)17-10-5-6-11-18(17)31-26(32)39/h2-6,8-11,15,19-20H,7,12-14H2,1H3,(H,29,34)(H,30,33)(H,31,39)(H,36,37)(H3,27,28,38). The summed E-state index contributed by atoms with van der Waals surface area (Å²) in [7, 11) is 0. The molecule has 0 spiro atoms. The van der Waals surface area contributed by atoms with E-state index in [0.717, 1.165) is 4.57 Å². The Labute approximate surface area is 222 Å². The predicted molar refractivity (Wildman–Crippen MR) is 142 cm³/mol. The fourth-order valence-electron chi connectivity index (χ4n) is 4.04. The summed E-state index contributed by atoms with van der Waals surface area (Å²) in [5, 5.41) is 16.8. The SMILES string of the molecule is CC(NC(=O)C(Cc1ccccc1)n1c(=O)[nH]c2ccccc2c1=O)C(=O)NC(CCCNC(N)=O)C(=O)O. The van der Waals surface area contributed by atoms with Crippen molar-refractivity contribution in [2.24, 2.45) is 5.73 Å². The number of nitrogens with two attached hydrogens (primary N) is 1. The van der Waals surface area contributed by atoms with Crippen LogP contribution in [0.4, 0.5) is 4.79 Å². The summed E-state index contributed by atoms with van der Waals surface area (Å²) >= 11 is 0. The van der Waals surface area contributed by atoms with Crippen LogP contribution in [0.15, 0.2) is 64.2 Å². The van der Waals surface area contributed by atoms with Gasteiger partial charge >= 0.3 is 17.7 Å². The topological polar surface area (TPSA) is 205 Å². The Bertz CT molecular complexity index is 1470. The summed E-state index contributed by atoms with van der Waals surface area (Å²) in [5.74, 6) is -2.85. The molecule has 0 radical (unpaired) electrons. The van der Waals surface area contributed by atoms with Crippen LogP contribution in [0.3, 0.4) is 0 Å². The molecule has 206 valence electrons. The van der Waals surface area contributed by atoms with Crippen LogP contribution in [0.5, 0.6) is 0 Å². The summed E-state index contributed by atoms with van der Waals surface area (Å²) in [6, 6.07) is 10.6. The number of hydrogen-bond acceptors (Lipinski definition) is 6. The van der Waals surface area contributed by atoms with Crippen LogP contribution in [0, 0.1) is 0 Å². The van der Waals surface area contributed by atoms with Gasteiger partial charge in [0.2, 0.25) is 11.8 Å². The van der Waals surface area contributed by atoms with Crippen LogP contribution in [-0.2, 0) is 20.8 Å². The van der Waals surface area contributed by atoms with Gasteiger partial charge in [-0.25, -0.2) is 19.0 Å². The van der Waals surface area contributed by atoms with Gasteiger partial charge < -0.3 is 31.8 Å². The van der Waals surface area contributed by atoms with Gasteiger partial charge in [-0.2, -0.15) is 0 Å². The number of hydrogen-bond donors (Lipinski definition) is 6. The maximum Gasteiger partial charge on any atom is 0.329 e. The van der Waals surface area contributed by atoms with E-state index in [1.165, 1.54) is 13.0 Å². The van der Waals surface area contributed by atoms with Crippen molar-refractivity contribution in [2.45, 2.75) is 44.3 Å². The average molecular weight is 539 g/mol. The monoisotopic (exact) mass is 538 g/mol. The Morgan fingerprint density at radius 1 is 0.974 bits per heavy atom. The van der Waals surface area contributed by atoms with Crippen molar-refractivity contribution in [1.29, 1.82) is 0 Å². The van der Waals surface area contributed by atoms with Crippen molar-refractivity contribution in [3.05, 3.63) is 81.0 Å². The zero-order valence-electron chi connectivity index (χ0n) is 21.2. The molecule has 0 bridgehead atoms. The third kappa shape index (κ3) is 7.53. The third-order valence-corrected chi connectivity index (χ3v) is 6.06. The van der Waals surface area contributed by atoms with Gasteiger partial charge in [-0.3, -0.25) is 14.4 Å². The summed E-state index contributed by atoms with van der Waals surface area (Å²) in [4.78, 5) is 77.4. The second kappa shape index (κ2) is 13.0. The first-order valence-corrected chi connectivity index (χ1v) is 12.2. The Morgan fingerprint density at radius 3 is 2.31 bits per heavy atom. The number of carbonyl (C=O) groups excluding carboxylic acids is 3. The van der Waals surface area contributed by atoms with Crippen LogP contribution in [0.25, 0.3) is 10.9 Å². The molecular formula is C26H30N6O7. The summed E-state index contributed by atoms with van der Waals surface area (Å²) in [5.41, 5.74) is 4.51. The number of carboxylic acids is 1. The normalized spacial score (nSPS) is 13.2. The van der Waals surface area contributed by atoms with Crippen LogP contribution in [-0.4, -0.2) is 57.1 Å². The maximum atomic E-state index is 13.4. The van der Waals surface area contributed by atoms with E-state index in [0.29, 0.717) is 11.1 Å². The molecule has 39 heavy (non-hydrogen) atoms. The number of aliphatic carboxylic acids is 1. The number of nitrogens with one attached hydrogen (secondary N) is 4. The van der Waals surface area contributed by atoms with Crippen LogP contribution in [0.2, 0.25) is 0 Å². The van der Waals surface area contributed by atoms with Gasteiger partial charge in [-0.1, -0.05) is 42.5 Å². The number of para-hydroxylation sites is 1. The largest absolute Gasteiger partial charge is 0.480 e. The maximum absolute atomic E-state index is 13.4. The van der Waals surface area contributed by atoms with Gasteiger partial charge in [-0.15, -0.1) is 0 Å². The zero-order valence-corrected chi connectivity index (χ0v) is 21.2. The lowest BCUT2D eigenvalue weighted by Crippen LogP contribution is -2.53. The van der Waals surface area contributed by atoms with Crippen LogP contribution < -0.4 is 32.9 Å². The Morgan fingerprint density at radius 2 is 1.64 bits per heavy atom. The van der Waals surface area contributed by atoms with E-state index < -0.39 is 53.2 Å². The second-order valence-corrected chi connectivity index (χ2v) is 8.92. The first-order chi connectivity index (χ1) is 18.6. The first kappa shape index (κ1) is 28.6. The summed E-state index contributed by atoms with van der Waals surface area (Å²) in [6.45, 7) is 1.48. The van der Waals surface area contributed by atoms with Crippen LogP contribution >= 0.6 is 0 Å². The molecule has 1 heterocycles. The minimum absolute atomic E-state index is 0.000508. The molecule has 0 fully saturated rings. The molecule has 0 aliphatic heterocycles. The van der Waals surface area contributed by atoms with E-state index >= 15 is 0 Å². The van der Waals surface area contributed by atoms with Gasteiger partial charge in [0.1, 0.15) is 18.1 Å². The molecule has 0 aliphatic carbocycles. The lowest BCUT2D eigenvalue weighted by molar-refractivity contribution is -0.142. The molecular weight excluding hydrogens is 508 g/mol. The minimum Gasteiger partial charge on any atom is -0.480 e. The van der Waals surface area contributed by atoms with Gasteiger partial charge in [0, 0.05) is 13.0 Å². The molecule has 0 aliphatic rings. The molecule has 7 N–H and O–H groups in total. The number of primary amides is 1. The van der Waals surface area contributed by atoms with E-state index in [-0.39, 0.29) is 31.2 Å². The second-order valence-electron chi connectivity index (χ2n) is 8.92. The number of H-pyrrole nitrogens is 1. The number of aromatic amines is 1. The van der Waals surface area contributed by atoms with E-state index in [2.05, 4.69) is 20.9 Å². The molecule has 2 aromatic carbocycles. The highest BCUT2D eigenvalue weighted by Crippen LogP contribution is 2.14. The number of carbonyl (C=O) groups is 4. The molecule has 13 heteroatoms. The molecule has 0 saturated carbocycles. The molecule has 3 rings (SSSR count). The lowest BCUT2D eigenvalue weighted by Gasteiger charge is -2.23. The molecule has 13 nitrogen and oxygen atoms in total. The van der Waals surface area contributed by atoms with Crippen LogP contribution in [0.1, 0.15) is 31.4 Å². The van der Waals surface area contributed by atoms with E-state index in [1.807, 2.05) is 0 Å². The molecule has 3 atom stereocenters. The number of urea groups is 1. The lowest BCUT2D eigenvalue weighted by atomic mass is 10.0. The Hall–Kier alpha value is -4.94. The van der Waals surface area contributed by atoms with Crippen molar-refractivity contribution in [1.82, 2.24) is 25.5 Å². The number of amides is 4. The van der Waals surface area contributed by atoms with Gasteiger partial charge in [-0.05, 0) is 37.5 Å². The third-order valence-electron chi connectivity index (χ3n) is 6.06. The van der Waals surface area contributed by atoms with Crippen molar-refractivity contribution in [2.75, 3.05) is 6.54 Å². The highest BCUT2D eigenvalue weighted by molar-refractivity contribution is 5.91. The number of nitrogens with zero attached hydrogens (tertiary/aromatic N) is 1. The average Bonchev–Trinajstić information content (AvgIpc) is 2.89. The van der Waals surface area contributed by atoms with Crippen molar-refractivity contribution in [3.8, 4) is 0 Å². The van der Waals surface area contributed by atoms with Gasteiger partial charge in [0.05, 0.1) is 10.9 Å². The van der Waals surface area contributed by atoms with E-state index in [4.69, 9.17) is 5.73 Å². The Balaban J connectivity index is 1.82. The molecule has 0 saturated heterocycles. The number of carboxylic acid groups (broad SMARTS) is 1. The van der Waals surface area contributed by atoms with E-state index in [9.17, 15) is 33.9 Å². The molecule has 4 amide bonds. The minimum atomic E-state index is -1.31. The number of benzene rings is 2. The quantitative estimate of drug-likeness (QED) is 0.174. The fourth-order valence-corrected chi connectivity index (χ4v) is 4.04. The zero-order chi connectivity index (χ0) is 28.5. The Kier molecular flexibility index (Phi) is 9.57. The highest BCUT2D eigenvalue weighted by atomic mass is 16.4. The number of rotatable bonds is 12. The highest BCUT2D eigenvalue weighted by Gasteiger charge is 2.29.